The first-order chi connectivity index (χ1) is 9.13. The number of hydrogen-bond acceptors (Lipinski definition) is 3. The van der Waals surface area contributed by atoms with Gasteiger partial charge in [-0.2, -0.15) is 5.10 Å². The second-order valence-corrected chi connectivity index (χ2v) is 6.27. The Labute approximate surface area is 115 Å². The molecule has 5 N–H and O–H groups in total. The molecule has 0 heterocycles. The number of guanidine groups is 1. The fourth-order valence-electron chi connectivity index (χ4n) is 3.59. The Hall–Kier alpha value is -1.10. The van der Waals surface area contributed by atoms with Gasteiger partial charge < -0.3 is 10.8 Å². The molecule has 0 aromatic rings. The molecule has 5 heteroatoms. The lowest BCUT2D eigenvalue weighted by Gasteiger charge is -2.44. The summed E-state index contributed by atoms with van der Waals surface area (Å²) in [6.45, 7) is 0.363. The van der Waals surface area contributed by atoms with Crippen molar-refractivity contribution in [3.8, 4) is 0 Å². The highest BCUT2D eigenvalue weighted by Crippen LogP contribution is 2.49. The monoisotopic (exact) mass is 266 g/mol. The summed E-state index contributed by atoms with van der Waals surface area (Å²) in [5, 5.41) is 20.2. The lowest BCUT2D eigenvalue weighted by atomic mass is 9.62. The van der Waals surface area contributed by atoms with Crippen LogP contribution in [0.4, 0.5) is 0 Å². The Morgan fingerprint density at radius 3 is 2.37 bits per heavy atom. The van der Waals surface area contributed by atoms with Crippen molar-refractivity contribution in [1.29, 1.82) is 5.41 Å². The third kappa shape index (κ3) is 3.93. The van der Waals surface area contributed by atoms with Gasteiger partial charge in [0.2, 0.25) is 5.96 Å². The third-order valence-electron chi connectivity index (χ3n) is 4.99. The van der Waals surface area contributed by atoms with Gasteiger partial charge in [0.05, 0.1) is 0 Å². The van der Waals surface area contributed by atoms with Crippen LogP contribution in [0.2, 0.25) is 0 Å². The maximum absolute atomic E-state index is 9.21. The van der Waals surface area contributed by atoms with Crippen LogP contribution in [-0.2, 0) is 0 Å². The van der Waals surface area contributed by atoms with E-state index in [0.29, 0.717) is 23.9 Å². The molecule has 108 valence electrons. The number of hydrazone groups is 1. The molecular formula is C14H26N4O. The molecule has 0 aliphatic heterocycles. The van der Waals surface area contributed by atoms with Gasteiger partial charge in [0.25, 0.3) is 0 Å². The normalized spacial score (nSPS) is 35.6. The summed E-state index contributed by atoms with van der Waals surface area (Å²) >= 11 is 0. The topological polar surface area (TPSA) is 94.5 Å². The Balaban J connectivity index is 1.76. The number of aliphatic hydroxyl groups is 1. The molecule has 0 atom stereocenters. The zero-order valence-electron chi connectivity index (χ0n) is 11.6. The summed E-state index contributed by atoms with van der Waals surface area (Å²) in [5.74, 6) is 0.962. The van der Waals surface area contributed by atoms with Crippen molar-refractivity contribution in [2.45, 2.75) is 51.4 Å². The molecule has 5 nitrogen and oxygen atoms in total. The summed E-state index contributed by atoms with van der Waals surface area (Å²) in [4.78, 5) is 0. The van der Waals surface area contributed by atoms with Crippen molar-refractivity contribution in [2.24, 2.45) is 28.1 Å². The fraction of sp³-hybridized carbons (Fsp3) is 0.857. The van der Waals surface area contributed by atoms with Crippen molar-refractivity contribution in [3.05, 3.63) is 0 Å². The van der Waals surface area contributed by atoms with Gasteiger partial charge in [-0.05, 0) is 68.6 Å². The Kier molecular flexibility index (Phi) is 4.80. The first-order valence-corrected chi connectivity index (χ1v) is 7.38. The summed E-state index contributed by atoms with van der Waals surface area (Å²) in [6.07, 6.45) is 11.8. The smallest absolute Gasteiger partial charge is 0.206 e. The third-order valence-corrected chi connectivity index (χ3v) is 4.99. The summed E-state index contributed by atoms with van der Waals surface area (Å²) in [5.41, 5.74) is 8.21. The number of aliphatic hydroxyl groups excluding tert-OH is 1. The van der Waals surface area contributed by atoms with Crippen molar-refractivity contribution in [1.82, 2.24) is 5.43 Å². The highest BCUT2D eigenvalue weighted by Gasteiger charge is 2.37. The van der Waals surface area contributed by atoms with Crippen LogP contribution in [-0.4, -0.2) is 23.9 Å². The predicted molar refractivity (Wildman–Crippen MR) is 77.0 cm³/mol. The van der Waals surface area contributed by atoms with Crippen LogP contribution in [0.5, 0.6) is 0 Å². The molecule has 19 heavy (non-hydrogen) atoms. The lowest BCUT2D eigenvalue weighted by molar-refractivity contribution is 0.0674. The number of hydrogen-bond donors (Lipinski definition) is 4. The highest BCUT2D eigenvalue weighted by atomic mass is 16.3. The molecule has 2 aliphatic rings. The predicted octanol–water partition coefficient (Wildman–Crippen LogP) is 1.81. The van der Waals surface area contributed by atoms with Gasteiger partial charge in [0, 0.05) is 12.8 Å². The van der Waals surface area contributed by atoms with E-state index in [-0.39, 0.29) is 5.96 Å². The zero-order chi connectivity index (χ0) is 13.7. The average molecular weight is 266 g/mol. The van der Waals surface area contributed by atoms with Crippen molar-refractivity contribution in [3.63, 3.8) is 0 Å². The highest BCUT2D eigenvalue weighted by molar-refractivity contribution is 5.75. The average Bonchev–Trinajstić information content (AvgIpc) is 2.42. The SMILES string of the molecule is N=C(N)NN=CC1CCC2(CC1)CCC(CO)CC2. The number of nitrogens with zero attached hydrogens (tertiary/aromatic N) is 1. The van der Waals surface area contributed by atoms with E-state index in [4.69, 9.17) is 11.1 Å². The van der Waals surface area contributed by atoms with E-state index in [1.165, 1.54) is 51.4 Å². The molecule has 0 aromatic heterocycles. The molecule has 0 unspecified atom stereocenters. The van der Waals surface area contributed by atoms with Crippen LogP contribution in [0.1, 0.15) is 51.4 Å². The second kappa shape index (κ2) is 6.37. The molecule has 2 fully saturated rings. The molecule has 1 spiro atoms. The fourth-order valence-corrected chi connectivity index (χ4v) is 3.59. The van der Waals surface area contributed by atoms with Gasteiger partial charge in [-0.25, -0.2) is 5.43 Å². The Bertz CT molecular complexity index is 324. The summed E-state index contributed by atoms with van der Waals surface area (Å²) < 4.78 is 0. The summed E-state index contributed by atoms with van der Waals surface area (Å²) in [7, 11) is 0. The van der Waals surface area contributed by atoms with Crippen LogP contribution >= 0.6 is 0 Å². The van der Waals surface area contributed by atoms with E-state index in [2.05, 4.69) is 10.5 Å². The van der Waals surface area contributed by atoms with Gasteiger partial charge in [-0.1, -0.05) is 0 Å². The second-order valence-electron chi connectivity index (χ2n) is 6.27. The molecule has 0 aromatic carbocycles. The van der Waals surface area contributed by atoms with E-state index in [9.17, 15) is 5.11 Å². The van der Waals surface area contributed by atoms with Crippen molar-refractivity contribution in [2.75, 3.05) is 6.61 Å². The van der Waals surface area contributed by atoms with Crippen molar-refractivity contribution < 1.29 is 5.11 Å². The van der Waals surface area contributed by atoms with E-state index in [0.717, 1.165) is 0 Å². The van der Waals surface area contributed by atoms with Gasteiger partial charge in [-0.3, -0.25) is 5.41 Å². The molecule has 0 saturated heterocycles. The minimum Gasteiger partial charge on any atom is -0.396 e. The number of nitrogens with one attached hydrogen (secondary N) is 2. The van der Waals surface area contributed by atoms with Crippen LogP contribution in [0.15, 0.2) is 5.10 Å². The maximum Gasteiger partial charge on any atom is 0.206 e. The molecule has 2 rings (SSSR count). The molecular weight excluding hydrogens is 240 g/mol. The van der Waals surface area contributed by atoms with Gasteiger partial charge in [0.15, 0.2) is 0 Å². The lowest BCUT2D eigenvalue weighted by Crippen LogP contribution is -2.33. The zero-order valence-corrected chi connectivity index (χ0v) is 11.6. The minimum atomic E-state index is -0.106. The largest absolute Gasteiger partial charge is 0.396 e. The minimum absolute atomic E-state index is 0.106. The van der Waals surface area contributed by atoms with Crippen LogP contribution in [0.25, 0.3) is 0 Å². The van der Waals surface area contributed by atoms with Gasteiger partial charge >= 0.3 is 0 Å². The Morgan fingerprint density at radius 1 is 1.26 bits per heavy atom. The van der Waals surface area contributed by atoms with Crippen molar-refractivity contribution >= 4 is 12.2 Å². The number of nitrogens with two attached hydrogens (primary N) is 1. The maximum atomic E-state index is 9.21. The van der Waals surface area contributed by atoms with Crippen LogP contribution < -0.4 is 11.2 Å². The van der Waals surface area contributed by atoms with Gasteiger partial charge in [0.1, 0.15) is 0 Å². The molecule has 0 radical (unpaired) electrons. The molecule has 0 bridgehead atoms. The first kappa shape index (κ1) is 14.3. The van der Waals surface area contributed by atoms with E-state index < -0.39 is 0 Å². The first-order valence-electron chi connectivity index (χ1n) is 7.38. The van der Waals surface area contributed by atoms with E-state index in [1.54, 1.807) is 0 Å². The standard InChI is InChI=1S/C14H26N4O/c15-13(16)18-17-9-11-1-5-14(6-2-11)7-3-12(10-19)4-8-14/h9,11-12,19H,1-8,10H2,(H4,15,16,18). The van der Waals surface area contributed by atoms with E-state index in [1.807, 2.05) is 6.21 Å². The van der Waals surface area contributed by atoms with Crippen LogP contribution in [0, 0.1) is 22.7 Å². The van der Waals surface area contributed by atoms with E-state index >= 15 is 0 Å². The number of rotatable bonds is 3. The quantitative estimate of drug-likeness (QED) is 0.356. The molecule has 0 amide bonds. The van der Waals surface area contributed by atoms with Gasteiger partial charge in [-0.15, -0.1) is 0 Å². The Morgan fingerprint density at radius 2 is 1.84 bits per heavy atom. The van der Waals surface area contributed by atoms with Crippen LogP contribution in [0.3, 0.4) is 0 Å². The summed E-state index contributed by atoms with van der Waals surface area (Å²) in [6, 6.07) is 0. The molecule has 2 saturated carbocycles. The molecule has 2 aliphatic carbocycles.